The summed E-state index contributed by atoms with van der Waals surface area (Å²) in [5.74, 6) is 0. The van der Waals surface area contributed by atoms with Crippen LogP contribution in [0.5, 0.6) is 0 Å². The summed E-state index contributed by atoms with van der Waals surface area (Å²) < 4.78 is 0. The van der Waals surface area contributed by atoms with Crippen LogP contribution in [0.3, 0.4) is 0 Å². The van der Waals surface area contributed by atoms with Crippen molar-refractivity contribution in [2.75, 3.05) is 6.54 Å². The number of hydrogen-bond donors (Lipinski definition) is 0. The van der Waals surface area contributed by atoms with Gasteiger partial charge in [-0.15, -0.1) is 0 Å². The van der Waals surface area contributed by atoms with E-state index < -0.39 is 0 Å². The number of likely N-dealkylation sites (tertiary alicyclic amines) is 1. The van der Waals surface area contributed by atoms with Crippen molar-refractivity contribution < 1.29 is 0 Å². The molecule has 1 aromatic rings. The molecule has 13 heavy (non-hydrogen) atoms. The second kappa shape index (κ2) is 3.11. The zero-order valence-electron chi connectivity index (χ0n) is 8.33. The fourth-order valence-electron chi connectivity index (χ4n) is 1.70. The fourth-order valence-corrected chi connectivity index (χ4v) is 1.70. The van der Waals surface area contributed by atoms with Gasteiger partial charge in [-0.3, -0.25) is 9.88 Å². The van der Waals surface area contributed by atoms with Gasteiger partial charge in [-0.2, -0.15) is 0 Å². The molecule has 2 nitrogen and oxygen atoms in total. The summed E-state index contributed by atoms with van der Waals surface area (Å²) in [5, 5.41) is 0. The molecule has 70 valence electrons. The van der Waals surface area contributed by atoms with Crippen LogP contribution < -0.4 is 0 Å². The highest BCUT2D eigenvalue weighted by Gasteiger charge is 2.35. The molecule has 1 saturated heterocycles. The minimum absolute atomic E-state index is 0.386. The molecule has 0 radical (unpaired) electrons. The maximum atomic E-state index is 4.32. The minimum atomic E-state index is 0.386. The first-order valence-corrected chi connectivity index (χ1v) is 4.83. The second-order valence-electron chi connectivity index (χ2n) is 4.31. The number of aromatic nitrogens is 1. The van der Waals surface area contributed by atoms with E-state index in [2.05, 4.69) is 35.9 Å². The number of rotatable bonds is 2. The van der Waals surface area contributed by atoms with Gasteiger partial charge in [0.1, 0.15) is 0 Å². The van der Waals surface area contributed by atoms with Crippen LogP contribution in [0.4, 0.5) is 0 Å². The molecule has 0 aliphatic carbocycles. The van der Waals surface area contributed by atoms with Crippen LogP contribution in [-0.2, 0) is 6.54 Å². The third-order valence-electron chi connectivity index (χ3n) is 2.93. The first-order chi connectivity index (χ1) is 6.18. The van der Waals surface area contributed by atoms with Crippen molar-refractivity contribution in [1.29, 1.82) is 0 Å². The van der Waals surface area contributed by atoms with Crippen LogP contribution >= 0.6 is 0 Å². The number of hydrogen-bond acceptors (Lipinski definition) is 2. The van der Waals surface area contributed by atoms with Crippen LogP contribution in [-0.4, -0.2) is 22.0 Å². The Kier molecular flexibility index (Phi) is 2.08. The molecule has 2 heteroatoms. The molecule has 1 aliphatic heterocycles. The van der Waals surface area contributed by atoms with E-state index in [1.54, 1.807) is 0 Å². The summed E-state index contributed by atoms with van der Waals surface area (Å²) in [6.07, 6.45) is 3.17. The van der Waals surface area contributed by atoms with Crippen molar-refractivity contribution in [2.24, 2.45) is 0 Å². The zero-order chi connectivity index (χ0) is 9.31. The average molecular weight is 176 g/mol. The summed E-state index contributed by atoms with van der Waals surface area (Å²) in [5.41, 5.74) is 1.56. The number of pyridine rings is 1. The maximum Gasteiger partial charge on any atom is 0.0544 e. The molecule has 0 saturated carbocycles. The van der Waals surface area contributed by atoms with Gasteiger partial charge in [-0.05, 0) is 32.4 Å². The Balaban J connectivity index is 2.00. The molecule has 0 spiro atoms. The van der Waals surface area contributed by atoms with Crippen molar-refractivity contribution in [3.05, 3.63) is 30.1 Å². The molecule has 0 aromatic carbocycles. The summed E-state index contributed by atoms with van der Waals surface area (Å²) in [6.45, 7) is 6.79. The molecular formula is C11H16N2. The lowest BCUT2D eigenvalue weighted by molar-refractivity contribution is 0.00685. The van der Waals surface area contributed by atoms with Crippen molar-refractivity contribution in [1.82, 2.24) is 9.88 Å². The third-order valence-corrected chi connectivity index (χ3v) is 2.93. The molecule has 0 unspecified atom stereocenters. The van der Waals surface area contributed by atoms with Gasteiger partial charge in [-0.25, -0.2) is 0 Å². The van der Waals surface area contributed by atoms with Gasteiger partial charge in [0.05, 0.1) is 5.69 Å². The Morgan fingerprint density at radius 2 is 2.31 bits per heavy atom. The van der Waals surface area contributed by atoms with Crippen molar-refractivity contribution in [3.63, 3.8) is 0 Å². The predicted octanol–water partition coefficient (Wildman–Crippen LogP) is 2.07. The van der Waals surface area contributed by atoms with Gasteiger partial charge < -0.3 is 0 Å². The quantitative estimate of drug-likeness (QED) is 0.685. The van der Waals surface area contributed by atoms with Crippen LogP contribution in [0, 0.1) is 0 Å². The Morgan fingerprint density at radius 1 is 1.46 bits per heavy atom. The van der Waals surface area contributed by atoms with Gasteiger partial charge in [0.25, 0.3) is 0 Å². The van der Waals surface area contributed by atoms with Crippen LogP contribution in [0.15, 0.2) is 24.4 Å². The molecule has 2 heterocycles. The second-order valence-corrected chi connectivity index (χ2v) is 4.31. The Hall–Kier alpha value is -0.890. The highest BCUT2D eigenvalue weighted by molar-refractivity contribution is 5.05. The molecule has 1 aliphatic rings. The SMILES string of the molecule is CC1(C)CCN1Cc1ccccn1. The van der Waals surface area contributed by atoms with Crippen LogP contribution in [0.1, 0.15) is 26.0 Å². The molecule has 0 atom stereocenters. The minimum Gasteiger partial charge on any atom is -0.292 e. The highest BCUT2D eigenvalue weighted by Crippen LogP contribution is 2.30. The van der Waals surface area contributed by atoms with E-state index in [1.807, 2.05) is 12.3 Å². The summed E-state index contributed by atoms with van der Waals surface area (Å²) in [6, 6.07) is 6.11. The van der Waals surface area contributed by atoms with E-state index in [9.17, 15) is 0 Å². The lowest BCUT2D eigenvalue weighted by Crippen LogP contribution is -2.54. The summed E-state index contributed by atoms with van der Waals surface area (Å²) in [7, 11) is 0. The molecule has 0 N–H and O–H groups in total. The van der Waals surface area contributed by atoms with Gasteiger partial charge >= 0.3 is 0 Å². The molecule has 1 fully saturated rings. The first kappa shape index (κ1) is 8.70. The normalized spacial score (nSPS) is 21.1. The van der Waals surface area contributed by atoms with Gasteiger partial charge in [0.15, 0.2) is 0 Å². The summed E-state index contributed by atoms with van der Waals surface area (Å²) >= 11 is 0. The Bertz CT molecular complexity index is 279. The van der Waals surface area contributed by atoms with E-state index in [1.165, 1.54) is 18.7 Å². The number of nitrogens with zero attached hydrogens (tertiary/aromatic N) is 2. The lowest BCUT2D eigenvalue weighted by atomic mass is 9.89. The molecule has 0 amide bonds. The maximum absolute atomic E-state index is 4.32. The molecular weight excluding hydrogens is 160 g/mol. The molecule has 0 bridgehead atoms. The fraction of sp³-hybridized carbons (Fsp3) is 0.545. The van der Waals surface area contributed by atoms with Crippen molar-refractivity contribution in [2.45, 2.75) is 32.4 Å². The highest BCUT2D eigenvalue weighted by atomic mass is 15.2. The summed E-state index contributed by atoms with van der Waals surface area (Å²) in [4.78, 5) is 6.79. The third kappa shape index (κ3) is 1.73. The Labute approximate surface area is 79.6 Å². The van der Waals surface area contributed by atoms with Gasteiger partial charge in [0.2, 0.25) is 0 Å². The van der Waals surface area contributed by atoms with Gasteiger partial charge in [-0.1, -0.05) is 6.07 Å². The standard InChI is InChI=1S/C11H16N2/c1-11(2)6-8-13(11)9-10-5-3-4-7-12-10/h3-5,7H,6,8-9H2,1-2H3. The van der Waals surface area contributed by atoms with E-state index in [0.717, 1.165) is 6.54 Å². The topological polar surface area (TPSA) is 16.1 Å². The molecule has 1 aromatic heterocycles. The van der Waals surface area contributed by atoms with Crippen LogP contribution in [0.25, 0.3) is 0 Å². The van der Waals surface area contributed by atoms with Crippen LogP contribution in [0.2, 0.25) is 0 Å². The van der Waals surface area contributed by atoms with E-state index in [-0.39, 0.29) is 0 Å². The zero-order valence-corrected chi connectivity index (χ0v) is 8.33. The van der Waals surface area contributed by atoms with E-state index in [0.29, 0.717) is 5.54 Å². The lowest BCUT2D eigenvalue weighted by Gasteiger charge is -2.48. The van der Waals surface area contributed by atoms with E-state index in [4.69, 9.17) is 0 Å². The Morgan fingerprint density at radius 3 is 2.77 bits per heavy atom. The predicted molar refractivity (Wildman–Crippen MR) is 53.3 cm³/mol. The molecule has 2 rings (SSSR count). The largest absolute Gasteiger partial charge is 0.292 e. The monoisotopic (exact) mass is 176 g/mol. The first-order valence-electron chi connectivity index (χ1n) is 4.83. The van der Waals surface area contributed by atoms with Gasteiger partial charge in [0, 0.05) is 24.8 Å². The average Bonchev–Trinajstić information content (AvgIpc) is 2.15. The van der Waals surface area contributed by atoms with Crippen molar-refractivity contribution >= 4 is 0 Å². The van der Waals surface area contributed by atoms with E-state index >= 15 is 0 Å². The smallest absolute Gasteiger partial charge is 0.0544 e. The van der Waals surface area contributed by atoms with Crippen molar-refractivity contribution in [3.8, 4) is 0 Å².